The van der Waals surface area contributed by atoms with Crippen LogP contribution in [-0.4, -0.2) is 29.8 Å². The molecule has 0 aromatic heterocycles. The van der Waals surface area contributed by atoms with Crippen molar-refractivity contribution >= 4 is 28.1 Å². The summed E-state index contributed by atoms with van der Waals surface area (Å²) in [5.41, 5.74) is 3.29. The van der Waals surface area contributed by atoms with Crippen LogP contribution in [0.5, 0.6) is 5.75 Å². The van der Waals surface area contributed by atoms with Crippen molar-refractivity contribution in [3.8, 4) is 5.75 Å². The van der Waals surface area contributed by atoms with Crippen molar-refractivity contribution in [3.05, 3.63) is 28.2 Å². The first-order valence-electron chi connectivity index (χ1n) is 7.19. The molecule has 1 fully saturated rings. The second kappa shape index (κ2) is 8.14. The minimum atomic E-state index is -0.144. The van der Waals surface area contributed by atoms with Gasteiger partial charge >= 0.3 is 0 Å². The van der Waals surface area contributed by atoms with Crippen LogP contribution in [0.2, 0.25) is 0 Å². The average molecular weight is 354 g/mol. The van der Waals surface area contributed by atoms with Crippen molar-refractivity contribution < 1.29 is 9.90 Å². The van der Waals surface area contributed by atoms with Crippen molar-refractivity contribution in [2.45, 2.75) is 38.1 Å². The zero-order valence-corrected chi connectivity index (χ0v) is 13.4. The Morgan fingerprint density at radius 2 is 2.14 bits per heavy atom. The number of nitrogens with zero attached hydrogens (tertiary/aromatic N) is 1. The van der Waals surface area contributed by atoms with Gasteiger partial charge in [-0.1, -0.05) is 19.3 Å². The van der Waals surface area contributed by atoms with Crippen molar-refractivity contribution in [1.29, 1.82) is 0 Å². The summed E-state index contributed by atoms with van der Waals surface area (Å²) in [5.74, 6) is 0.0301. The third kappa shape index (κ3) is 5.47. The summed E-state index contributed by atoms with van der Waals surface area (Å²) in [6.45, 7) is 0.293. The summed E-state index contributed by atoms with van der Waals surface area (Å²) >= 11 is 3.23. The molecule has 5 nitrogen and oxygen atoms in total. The lowest BCUT2D eigenvalue weighted by molar-refractivity contribution is -0.120. The summed E-state index contributed by atoms with van der Waals surface area (Å²) < 4.78 is 0.594. The van der Waals surface area contributed by atoms with Gasteiger partial charge in [-0.2, -0.15) is 5.10 Å². The van der Waals surface area contributed by atoms with Gasteiger partial charge < -0.3 is 10.4 Å². The van der Waals surface area contributed by atoms with Crippen LogP contribution in [0.4, 0.5) is 0 Å². The number of carbonyl (C=O) groups excluding carboxylic acids is 1. The summed E-state index contributed by atoms with van der Waals surface area (Å²) in [6, 6.07) is 5.47. The minimum Gasteiger partial charge on any atom is -0.507 e. The zero-order chi connectivity index (χ0) is 15.1. The first-order valence-corrected chi connectivity index (χ1v) is 7.98. The van der Waals surface area contributed by atoms with Crippen LogP contribution < -0.4 is 10.7 Å². The number of hydrazone groups is 1. The van der Waals surface area contributed by atoms with E-state index in [1.54, 1.807) is 24.4 Å². The molecule has 1 aliphatic rings. The van der Waals surface area contributed by atoms with Crippen LogP contribution in [0.15, 0.2) is 27.8 Å². The van der Waals surface area contributed by atoms with Crippen molar-refractivity contribution in [3.63, 3.8) is 0 Å². The summed E-state index contributed by atoms with van der Waals surface area (Å²) in [6.07, 6.45) is 7.63. The van der Waals surface area contributed by atoms with Gasteiger partial charge in [0, 0.05) is 6.04 Å². The number of hydrogen-bond acceptors (Lipinski definition) is 4. The molecule has 0 bridgehead atoms. The van der Waals surface area contributed by atoms with E-state index < -0.39 is 0 Å². The highest BCUT2D eigenvalue weighted by atomic mass is 79.9. The molecule has 21 heavy (non-hydrogen) atoms. The zero-order valence-electron chi connectivity index (χ0n) is 11.8. The third-order valence-electron chi connectivity index (χ3n) is 3.53. The van der Waals surface area contributed by atoms with E-state index in [2.05, 4.69) is 31.8 Å². The molecule has 2 rings (SSSR count). The van der Waals surface area contributed by atoms with Crippen molar-refractivity contribution in [1.82, 2.24) is 10.7 Å². The van der Waals surface area contributed by atoms with Crippen LogP contribution in [0.1, 0.15) is 37.7 Å². The van der Waals surface area contributed by atoms with Crippen LogP contribution in [0.25, 0.3) is 0 Å². The second-order valence-electron chi connectivity index (χ2n) is 5.22. The Labute approximate surface area is 132 Å². The van der Waals surface area contributed by atoms with Gasteiger partial charge in [0.05, 0.1) is 17.2 Å². The second-order valence-corrected chi connectivity index (χ2v) is 6.07. The average Bonchev–Trinajstić information content (AvgIpc) is 2.50. The highest BCUT2D eigenvalue weighted by Crippen LogP contribution is 2.23. The normalized spacial score (nSPS) is 16.2. The Kier molecular flexibility index (Phi) is 6.20. The van der Waals surface area contributed by atoms with Gasteiger partial charge in [0.2, 0.25) is 0 Å². The Morgan fingerprint density at radius 1 is 1.38 bits per heavy atom. The van der Waals surface area contributed by atoms with Crippen molar-refractivity contribution in [2.75, 3.05) is 6.54 Å². The number of nitrogens with one attached hydrogen (secondary N) is 2. The fourth-order valence-electron chi connectivity index (χ4n) is 2.37. The van der Waals surface area contributed by atoms with E-state index in [4.69, 9.17) is 0 Å². The van der Waals surface area contributed by atoms with E-state index in [1.165, 1.54) is 19.3 Å². The topological polar surface area (TPSA) is 73.7 Å². The van der Waals surface area contributed by atoms with Crippen LogP contribution in [-0.2, 0) is 4.79 Å². The van der Waals surface area contributed by atoms with E-state index >= 15 is 0 Å². The predicted octanol–water partition coefficient (Wildman–Crippen LogP) is 2.53. The predicted molar refractivity (Wildman–Crippen MR) is 86.4 cm³/mol. The highest BCUT2D eigenvalue weighted by Gasteiger charge is 2.13. The van der Waals surface area contributed by atoms with E-state index in [0.717, 1.165) is 18.4 Å². The van der Waals surface area contributed by atoms with Gasteiger partial charge in [-0.25, -0.2) is 5.43 Å². The van der Waals surface area contributed by atoms with Gasteiger partial charge in [-0.15, -0.1) is 0 Å². The van der Waals surface area contributed by atoms with Crippen LogP contribution in [0, 0.1) is 0 Å². The molecule has 0 heterocycles. The van der Waals surface area contributed by atoms with E-state index in [1.807, 2.05) is 0 Å². The molecular weight excluding hydrogens is 334 g/mol. The quantitative estimate of drug-likeness (QED) is 0.562. The first-order chi connectivity index (χ1) is 10.1. The Morgan fingerprint density at radius 3 is 2.86 bits per heavy atom. The number of benzene rings is 1. The van der Waals surface area contributed by atoms with Gasteiger partial charge in [-0.05, 0) is 52.5 Å². The molecule has 1 aromatic rings. The van der Waals surface area contributed by atoms with Crippen LogP contribution in [0.3, 0.4) is 0 Å². The SMILES string of the molecule is O=C(CNC1CCCCC1)N/N=C\c1ccc(O)c(Br)c1. The Hall–Kier alpha value is -1.40. The summed E-state index contributed by atoms with van der Waals surface area (Å²) in [7, 11) is 0. The molecule has 1 aromatic carbocycles. The Bertz CT molecular complexity index is 514. The fourth-order valence-corrected chi connectivity index (χ4v) is 2.76. The van der Waals surface area contributed by atoms with Gasteiger partial charge in [0.1, 0.15) is 5.75 Å². The lowest BCUT2D eigenvalue weighted by atomic mass is 9.95. The molecule has 0 spiro atoms. The van der Waals surface area contributed by atoms with E-state index in [0.29, 0.717) is 17.1 Å². The summed E-state index contributed by atoms with van der Waals surface area (Å²) in [4.78, 5) is 11.7. The third-order valence-corrected chi connectivity index (χ3v) is 4.17. The minimum absolute atomic E-state index is 0.144. The number of phenols is 1. The number of hydrogen-bond donors (Lipinski definition) is 3. The maximum atomic E-state index is 11.7. The molecular formula is C15H20BrN3O2. The molecule has 1 aliphatic carbocycles. The van der Waals surface area contributed by atoms with E-state index in [9.17, 15) is 9.90 Å². The van der Waals surface area contributed by atoms with E-state index in [-0.39, 0.29) is 11.7 Å². The molecule has 114 valence electrons. The maximum absolute atomic E-state index is 11.7. The van der Waals surface area contributed by atoms with Gasteiger partial charge in [0.25, 0.3) is 5.91 Å². The van der Waals surface area contributed by atoms with Gasteiger partial charge in [0.15, 0.2) is 0 Å². The number of phenolic OH excluding ortho intramolecular Hbond substituents is 1. The molecule has 0 radical (unpaired) electrons. The standard InChI is InChI=1S/C15H20BrN3O2/c16-13-8-11(6-7-14(13)20)9-18-19-15(21)10-17-12-4-2-1-3-5-12/h6-9,12,17,20H,1-5,10H2,(H,19,21)/b18-9-. The molecule has 0 atom stereocenters. The molecule has 1 saturated carbocycles. The molecule has 3 N–H and O–H groups in total. The molecule has 0 saturated heterocycles. The lowest BCUT2D eigenvalue weighted by Gasteiger charge is -2.22. The number of halogens is 1. The smallest absolute Gasteiger partial charge is 0.254 e. The molecule has 6 heteroatoms. The summed E-state index contributed by atoms with van der Waals surface area (Å²) in [5, 5.41) is 16.6. The molecule has 0 aliphatic heterocycles. The monoisotopic (exact) mass is 353 g/mol. The maximum Gasteiger partial charge on any atom is 0.254 e. The lowest BCUT2D eigenvalue weighted by Crippen LogP contribution is -2.38. The number of aromatic hydroxyl groups is 1. The number of rotatable bonds is 5. The molecule has 0 unspecified atom stereocenters. The number of amides is 1. The largest absolute Gasteiger partial charge is 0.507 e. The Balaban J connectivity index is 1.72. The van der Waals surface area contributed by atoms with Crippen LogP contribution >= 0.6 is 15.9 Å². The fraction of sp³-hybridized carbons (Fsp3) is 0.467. The van der Waals surface area contributed by atoms with Crippen molar-refractivity contribution in [2.24, 2.45) is 5.10 Å². The highest BCUT2D eigenvalue weighted by molar-refractivity contribution is 9.10. The molecule has 1 amide bonds. The van der Waals surface area contributed by atoms with Gasteiger partial charge in [-0.3, -0.25) is 4.79 Å². The first kappa shape index (κ1) is 16.0. The number of carbonyl (C=O) groups is 1.